The molecule has 0 aromatic heterocycles. The largest absolute Gasteiger partial charge is 0.325 e. The molecule has 130 valence electrons. The van der Waals surface area contributed by atoms with Crippen LogP contribution in [0.4, 0.5) is 4.79 Å². The Morgan fingerprint density at radius 3 is 2.80 bits per heavy atom. The first-order chi connectivity index (χ1) is 11.9. The highest BCUT2D eigenvalue weighted by Crippen LogP contribution is 2.42. The maximum absolute atomic E-state index is 12.9. The Labute approximate surface area is 146 Å². The molecule has 1 aliphatic carbocycles. The molecular weight excluding hydrogens is 318 g/mol. The number of urea groups is 1. The number of ketones is 1. The molecule has 1 N–H and O–H groups in total. The summed E-state index contributed by atoms with van der Waals surface area (Å²) in [5, 5.41) is 2.82. The minimum absolute atomic E-state index is 0.185. The standard InChI is InChI=1S/C19H21N3O3/c1-4-13(10-20-3)14-5-6-16-15(9-14)7-8-19(16)17(24)22(11-12(2)23)18(25)21-19/h4-6,9-10H,7-8,11H2,1-3H3,(H,21,25)/b13-4+,20-10?/t19-/m1/s1. The summed E-state index contributed by atoms with van der Waals surface area (Å²) in [4.78, 5) is 41.5. The van der Waals surface area contributed by atoms with Crippen molar-refractivity contribution in [1.82, 2.24) is 10.2 Å². The summed E-state index contributed by atoms with van der Waals surface area (Å²) in [5.41, 5.74) is 2.87. The third-order valence-corrected chi connectivity index (χ3v) is 4.80. The fraction of sp³-hybridized carbons (Fsp3) is 0.368. The molecule has 2 aliphatic rings. The number of amides is 3. The predicted molar refractivity (Wildman–Crippen MR) is 95.4 cm³/mol. The maximum Gasteiger partial charge on any atom is 0.325 e. The molecule has 3 amide bonds. The van der Waals surface area contributed by atoms with Crippen molar-refractivity contribution in [3.05, 3.63) is 41.0 Å². The lowest BCUT2D eigenvalue weighted by atomic mass is 9.90. The number of nitrogens with one attached hydrogen (secondary N) is 1. The van der Waals surface area contributed by atoms with Crippen LogP contribution in [0.3, 0.4) is 0 Å². The minimum atomic E-state index is -1.03. The van der Waals surface area contributed by atoms with Gasteiger partial charge < -0.3 is 5.32 Å². The minimum Gasteiger partial charge on any atom is -0.319 e. The number of rotatable bonds is 4. The van der Waals surface area contributed by atoms with Gasteiger partial charge in [-0.15, -0.1) is 0 Å². The van der Waals surface area contributed by atoms with Crippen LogP contribution in [-0.4, -0.2) is 42.4 Å². The van der Waals surface area contributed by atoms with Gasteiger partial charge in [-0.2, -0.15) is 0 Å². The van der Waals surface area contributed by atoms with E-state index in [-0.39, 0.29) is 18.2 Å². The van der Waals surface area contributed by atoms with Crippen LogP contribution >= 0.6 is 0 Å². The van der Waals surface area contributed by atoms with Crippen molar-refractivity contribution in [2.45, 2.75) is 32.2 Å². The summed E-state index contributed by atoms with van der Waals surface area (Å²) in [7, 11) is 1.72. The van der Waals surface area contributed by atoms with E-state index in [9.17, 15) is 14.4 Å². The van der Waals surface area contributed by atoms with Crippen molar-refractivity contribution < 1.29 is 14.4 Å². The fourth-order valence-electron chi connectivity index (χ4n) is 3.65. The van der Waals surface area contributed by atoms with Gasteiger partial charge in [0, 0.05) is 13.3 Å². The van der Waals surface area contributed by atoms with Crippen LogP contribution in [0, 0.1) is 0 Å². The quantitative estimate of drug-likeness (QED) is 0.674. The molecule has 1 aromatic carbocycles. The Bertz CT molecular complexity index is 825. The van der Waals surface area contributed by atoms with Crippen LogP contribution in [0.25, 0.3) is 5.57 Å². The lowest BCUT2D eigenvalue weighted by Gasteiger charge is -2.22. The van der Waals surface area contributed by atoms with Gasteiger partial charge in [0.1, 0.15) is 11.3 Å². The van der Waals surface area contributed by atoms with E-state index in [1.807, 2.05) is 31.2 Å². The molecule has 1 saturated heterocycles. The van der Waals surface area contributed by atoms with Crippen LogP contribution in [0.1, 0.15) is 37.0 Å². The number of imide groups is 1. The van der Waals surface area contributed by atoms with Crippen molar-refractivity contribution in [2.75, 3.05) is 13.6 Å². The first-order valence-corrected chi connectivity index (χ1v) is 8.28. The van der Waals surface area contributed by atoms with Gasteiger partial charge in [0.15, 0.2) is 0 Å². The van der Waals surface area contributed by atoms with Crippen LogP contribution in [0.2, 0.25) is 0 Å². The van der Waals surface area contributed by atoms with E-state index in [1.54, 1.807) is 13.3 Å². The fourth-order valence-corrected chi connectivity index (χ4v) is 3.65. The van der Waals surface area contributed by atoms with Crippen molar-refractivity contribution in [3.63, 3.8) is 0 Å². The molecule has 1 heterocycles. The summed E-state index contributed by atoms with van der Waals surface area (Å²) < 4.78 is 0. The Hall–Kier alpha value is -2.76. The average Bonchev–Trinajstić information content (AvgIpc) is 3.05. The summed E-state index contributed by atoms with van der Waals surface area (Å²) in [6, 6.07) is 5.40. The first-order valence-electron chi connectivity index (χ1n) is 8.28. The zero-order chi connectivity index (χ0) is 18.2. The molecule has 1 aliphatic heterocycles. The Morgan fingerprint density at radius 2 is 2.16 bits per heavy atom. The van der Waals surface area contributed by atoms with Crippen LogP contribution in [0.5, 0.6) is 0 Å². The number of carbonyl (C=O) groups excluding carboxylic acids is 3. The van der Waals surface area contributed by atoms with Crippen LogP contribution < -0.4 is 5.32 Å². The van der Waals surface area contributed by atoms with E-state index >= 15 is 0 Å². The molecule has 0 saturated carbocycles. The lowest BCUT2D eigenvalue weighted by Crippen LogP contribution is -2.42. The molecule has 0 bridgehead atoms. The highest BCUT2D eigenvalue weighted by molar-refractivity contribution is 6.11. The van der Waals surface area contributed by atoms with Gasteiger partial charge >= 0.3 is 6.03 Å². The van der Waals surface area contributed by atoms with E-state index in [0.717, 1.165) is 27.2 Å². The number of fused-ring (bicyclic) bond motifs is 2. The van der Waals surface area contributed by atoms with Gasteiger partial charge in [-0.05, 0) is 49.0 Å². The van der Waals surface area contributed by atoms with Crippen molar-refractivity contribution in [3.8, 4) is 0 Å². The SMILES string of the molecule is C/C=C(\C=NC)c1ccc2c(c1)CC[C@@]21NC(=O)N(CC(C)=O)C1=O. The third kappa shape index (κ3) is 2.67. The number of nitrogens with zero attached hydrogens (tertiary/aromatic N) is 2. The number of aliphatic imine (C=N–C) groups is 1. The summed E-state index contributed by atoms with van der Waals surface area (Å²) in [6.07, 6.45) is 4.99. The highest BCUT2D eigenvalue weighted by Gasteiger charge is 2.55. The van der Waals surface area contributed by atoms with Gasteiger partial charge in [-0.25, -0.2) is 4.79 Å². The number of aryl methyl sites for hydroxylation is 1. The van der Waals surface area contributed by atoms with E-state index in [1.165, 1.54) is 6.92 Å². The van der Waals surface area contributed by atoms with Crippen molar-refractivity contribution >= 4 is 29.5 Å². The maximum atomic E-state index is 12.9. The number of hydrogen-bond acceptors (Lipinski definition) is 4. The topological polar surface area (TPSA) is 78.8 Å². The molecule has 0 radical (unpaired) electrons. The summed E-state index contributed by atoms with van der Waals surface area (Å²) in [6.45, 7) is 3.13. The number of allylic oxidation sites excluding steroid dienone is 2. The van der Waals surface area contributed by atoms with Gasteiger partial charge in [-0.3, -0.25) is 19.5 Å². The zero-order valence-electron chi connectivity index (χ0n) is 14.6. The molecule has 6 heteroatoms. The monoisotopic (exact) mass is 339 g/mol. The smallest absolute Gasteiger partial charge is 0.319 e. The molecule has 1 atom stereocenters. The molecule has 25 heavy (non-hydrogen) atoms. The van der Waals surface area contributed by atoms with Crippen molar-refractivity contribution in [2.24, 2.45) is 4.99 Å². The van der Waals surface area contributed by atoms with Crippen LogP contribution in [-0.2, 0) is 21.5 Å². The van der Waals surface area contributed by atoms with Gasteiger partial charge in [0.25, 0.3) is 5.91 Å². The highest BCUT2D eigenvalue weighted by atomic mass is 16.2. The van der Waals surface area contributed by atoms with Gasteiger partial charge in [0.2, 0.25) is 0 Å². The third-order valence-electron chi connectivity index (χ3n) is 4.80. The number of carbonyl (C=O) groups is 3. The Kier molecular flexibility index (Phi) is 4.29. The summed E-state index contributed by atoms with van der Waals surface area (Å²) >= 11 is 0. The second-order valence-electron chi connectivity index (χ2n) is 6.43. The molecule has 1 fully saturated rings. The van der Waals surface area contributed by atoms with E-state index in [4.69, 9.17) is 0 Å². The number of Topliss-reactive ketones (excluding diaryl/α,β-unsaturated/α-hetero) is 1. The average molecular weight is 339 g/mol. The van der Waals surface area contributed by atoms with Gasteiger partial charge in [-0.1, -0.05) is 24.3 Å². The van der Waals surface area contributed by atoms with Gasteiger partial charge in [0.05, 0.1) is 6.54 Å². The molecule has 6 nitrogen and oxygen atoms in total. The second-order valence-corrected chi connectivity index (χ2v) is 6.43. The van der Waals surface area contributed by atoms with E-state index in [0.29, 0.717) is 12.8 Å². The van der Waals surface area contributed by atoms with E-state index < -0.39 is 11.6 Å². The normalized spacial score (nSPS) is 22.8. The molecule has 0 unspecified atom stereocenters. The van der Waals surface area contributed by atoms with Crippen LogP contribution in [0.15, 0.2) is 29.3 Å². The zero-order valence-corrected chi connectivity index (χ0v) is 14.6. The first kappa shape index (κ1) is 17.1. The number of benzene rings is 1. The molecule has 3 rings (SSSR count). The van der Waals surface area contributed by atoms with E-state index in [2.05, 4.69) is 10.3 Å². The molecule has 1 aromatic rings. The summed E-state index contributed by atoms with van der Waals surface area (Å²) in [5.74, 6) is -0.550. The Morgan fingerprint density at radius 1 is 1.40 bits per heavy atom. The molecular formula is C19H21N3O3. The predicted octanol–water partition coefficient (Wildman–Crippen LogP) is 2.07. The lowest BCUT2D eigenvalue weighted by molar-refractivity contribution is -0.134. The van der Waals surface area contributed by atoms with Crippen molar-refractivity contribution in [1.29, 1.82) is 0 Å². The number of hydrogen-bond donors (Lipinski definition) is 1. The molecule has 1 spiro atoms. The Balaban J connectivity index is 1.99. The second kappa shape index (κ2) is 6.27.